The van der Waals surface area contributed by atoms with Gasteiger partial charge in [0.15, 0.2) is 5.65 Å². The second kappa shape index (κ2) is 6.20. The summed E-state index contributed by atoms with van der Waals surface area (Å²) in [4.78, 5) is 4.51. The van der Waals surface area contributed by atoms with Gasteiger partial charge in [-0.25, -0.2) is 14.1 Å². The minimum Gasteiger partial charge on any atom is -0.489 e. The average Bonchev–Trinajstić information content (AvgIpc) is 2.92. The summed E-state index contributed by atoms with van der Waals surface area (Å²) in [6.45, 7) is 3.89. The number of benzene rings is 1. The van der Waals surface area contributed by atoms with Gasteiger partial charge < -0.3 is 10.1 Å². The maximum absolute atomic E-state index is 13.5. The van der Waals surface area contributed by atoms with E-state index >= 15 is 0 Å². The van der Waals surface area contributed by atoms with E-state index in [4.69, 9.17) is 4.74 Å². The maximum atomic E-state index is 13.5. The number of halogens is 1. The van der Waals surface area contributed by atoms with Gasteiger partial charge in [0.25, 0.3) is 0 Å². The van der Waals surface area contributed by atoms with Gasteiger partial charge in [-0.05, 0) is 57.1 Å². The first-order chi connectivity index (χ1) is 11.7. The quantitative estimate of drug-likeness (QED) is 0.804. The molecular weight excluding hydrogens is 307 g/mol. The fourth-order valence-corrected chi connectivity index (χ4v) is 3.08. The molecule has 5 nitrogen and oxygen atoms in total. The molecule has 124 valence electrons. The third-order valence-corrected chi connectivity index (χ3v) is 4.32. The summed E-state index contributed by atoms with van der Waals surface area (Å²) >= 11 is 0. The summed E-state index contributed by atoms with van der Waals surface area (Å²) in [5, 5.41) is 8.76. The van der Waals surface area contributed by atoms with Gasteiger partial charge in [0.2, 0.25) is 0 Å². The number of nitrogens with one attached hydrogen (secondary N) is 1. The van der Waals surface area contributed by atoms with Crippen molar-refractivity contribution in [1.29, 1.82) is 0 Å². The van der Waals surface area contributed by atoms with Crippen LogP contribution in [0, 0.1) is 12.7 Å². The van der Waals surface area contributed by atoms with Crippen LogP contribution in [0.4, 0.5) is 4.39 Å². The zero-order chi connectivity index (χ0) is 16.5. The van der Waals surface area contributed by atoms with E-state index in [2.05, 4.69) is 15.4 Å². The molecule has 0 unspecified atom stereocenters. The Hall–Kier alpha value is -2.47. The molecule has 0 aliphatic carbocycles. The summed E-state index contributed by atoms with van der Waals surface area (Å²) in [6, 6.07) is 8.33. The minimum atomic E-state index is -0.292. The van der Waals surface area contributed by atoms with E-state index in [9.17, 15) is 4.39 Å². The van der Waals surface area contributed by atoms with Crippen LogP contribution < -0.4 is 10.1 Å². The summed E-state index contributed by atoms with van der Waals surface area (Å²) in [5.41, 5.74) is 2.21. The maximum Gasteiger partial charge on any atom is 0.163 e. The van der Waals surface area contributed by atoms with E-state index in [1.165, 1.54) is 12.1 Å². The van der Waals surface area contributed by atoms with Crippen LogP contribution in [0.25, 0.3) is 16.7 Å². The summed E-state index contributed by atoms with van der Waals surface area (Å²) in [5.74, 6) is 0.468. The van der Waals surface area contributed by atoms with Crippen LogP contribution in [0.15, 0.2) is 36.5 Å². The highest BCUT2D eigenvalue weighted by Crippen LogP contribution is 2.25. The molecule has 2 aromatic heterocycles. The number of hydrogen-bond acceptors (Lipinski definition) is 4. The predicted molar refractivity (Wildman–Crippen MR) is 90.1 cm³/mol. The van der Waals surface area contributed by atoms with Crippen LogP contribution in [-0.2, 0) is 0 Å². The molecule has 0 amide bonds. The van der Waals surface area contributed by atoms with Crippen LogP contribution >= 0.6 is 0 Å². The topological polar surface area (TPSA) is 52.0 Å². The molecule has 0 spiro atoms. The van der Waals surface area contributed by atoms with E-state index in [1.54, 1.807) is 16.9 Å². The zero-order valence-corrected chi connectivity index (χ0v) is 13.5. The number of nitrogens with zero attached hydrogens (tertiary/aromatic N) is 3. The fourth-order valence-electron chi connectivity index (χ4n) is 3.08. The standard InChI is InChI=1S/C18H19FN4O/c1-12-17-10-16(24-15-5-7-20-8-6-15)11-21-18(17)23(22-12)14-4-2-3-13(19)9-14/h2-4,9-11,15,20H,5-8H2,1H3. The Bertz CT molecular complexity index is 871. The number of hydrogen-bond donors (Lipinski definition) is 1. The lowest BCUT2D eigenvalue weighted by atomic mass is 10.1. The van der Waals surface area contributed by atoms with Crippen molar-refractivity contribution in [3.05, 3.63) is 48.0 Å². The number of fused-ring (bicyclic) bond motifs is 1. The molecule has 0 radical (unpaired) electrons. The number of aryl methyl sites for hydroxylation is 1. The lowest BCUT2D eigenvalue weighted by molar-refractivity contribution is 0.162. The molecule has 3 aromatic rings. The van der Waals surface area contributed by atoms with Gasteiger partial charge in [-0.3, -0.25) is 0 Å². The molecule has 4 rings (SSSR count). The highest BCUT2D eigenvalue weighted by molar-refractivity contribution is 5.80. The van der Waals surface area contributed by atoms with Gasteiger partial charge in [-0.1, -0.05) is 6.07 Å². The Morgan fingerprint density at radius 2 is 2.08 bits per heavy atom. The molecule has 1 aromatic carbocycles. The Balaban J connectivity index is 1.69. The van der Waals surface area contributed by atoms with Crippen LogP contribution in [0.2, 0.25) is 0 Å². The highest BCUT2D eigenvalue weighted by atomic mass is 19.1. The van der Waals surface area contributed by atoms with Crippen LogP contribution in [0.3, 0.4) is 0 Å². The number of rotatable bonds is 3. The van der Waals surface area contributed by atoms with Crippen molar-refractivity contribution in [2.24, 2.45) is 0 Å². The third-order valence-electron chi connectivity index (χ3n) is 4.32. The van der Waals surface area contributed by atoms with Crippen LogP contribution in [-0.4, -0.2) is 34.0 Å². The Labute approximate surface area is 139 Å². The van der Waals surface area contributed by atoms with Crippen molar-refractivity contribution < 1.29 is 9.13 Å². The molecule has 24 heavy (non-hydrogen) atoms. The Morgan fingerprint density at radius 1 is 1.25 bits per heavy atom. The zero-order valence-electron chi connectivity index (χ0n) is 13.5. The molecule has 0 bridgehead atoms. The molecule has 0 atom stereocenters. The highest BCUT2D eigenvalue weighted by Gasteiger charge is 2.16. The smallest absolute Gasteiger partial charge is 0.163 e. The number of piperidine rings is 1. The molecule has 6 heteroatoms. The summed E-state index contributed by atoms with van der Waals surface area (Å²) in [7, 11) is 0. The third kappa shape index (κ3) is 2.85. The number of pyridine rings is 1. The average molecular weight is 326 g/mol. The van der Waals surface area contributed by atoms with E-state index in [1.807, 2.05) is 19.1 Å². The summed E-state index contributed by atoms with van der Waals surface area (Å²) in [6.07, 6.45) is 3.95. The van der Waals surface area contributed by atoms with Crippen molar-refractivity contribution in [3.63, 3.8) is 0 Å². The first-order valence-corrected chi connectivity index (χ1v) is 8.19. The van der Waals surface area contributed by atoms with Gasteiger partial charge >= 0.3 is 0 Å². The molecule has 1 fully saturated rings. The molecule has 1 N–H and O–H groups in total. The minimum absolute atomic E-state index is 0.226. The normalized spacial score (nSPS) is 15.8. The van der Waals surface area contributed by atoms with Gasteiger partial charge in [0.05, 0.1) is 17.6 Å². The lowest BCUT2D eigenvalue weighted by Crippen LogP contribution is -2.34. The fraction of sp³-hybridized carbons (Fsp3) is 0.333. The first kappa shape index (κ1) is 15.1. The van der Waals surface area contributed by atoms with Crippen molar-refractivity contribution >= 4 is 11.0 Å². The van der Waals surface area contributed by atoms with Crippen LogP contribution in [0.5, 0.6) is 5.75 Å². The molecule has 1 saturated heterocycles. The monoisotopic (exact) mass is 326 g/mol. The van der Waals surface area contributed by atoms with Gasteiger partial charge in [0.1, 0.15) is 17.7 Å². The van der Waals surface area contributed by atoms with Gasteiger partial charge in [-0.2, -0.15) is 5.10 Å². The Kier molecular flexibility index (Phi) is 3.90. The number of ether oxygens (including phenoxy) is 1. The second-order valence-corrected chi connectivity index (χ2v) is 6.09. The van der Waals surface area contributed by atoms with E-state index < -0.39 is 0 Å². The predicted octanol–water partition coefficient (Wildman–Crippen LogP) is 3.00. The largest absolute Gasteiger partial charge is 0.489 e. The SMILES string of the molecule is Cc1nn(-c2cccc(F)c2)c2ncc(OC3CCNCC3)cc12. The van der Waals surface area contributed by atoms with Crippen molar-refractivity contribution in [2.45, 2.75) is 25.9 Å². The molecule has 1 aliphatic rings. The molecule has 1 aliphatic heterocycles. The molecular formula is C18H19FN4O. The van der Waals surface area contributed by atoms with E-state index in [0.717, 1.165) is 42.8 Å². The second-order valence-electron chi connectivity index (χ2n) is 6.09. The van der Waals surface area contributed by atoms with Crippen molar-refractivity contribution in [1.82, 2.24) is 20.1 Å². The first-order valence-electron chi connectivity index (χ1n) is 8.19. The van der Waals surface area contributed by atoms with Crippen molar-refractivity contribution in [3.8, 4) is 11.4 Å². The van der Waals surface area contributed by atoms with E-state index in [-0.39, 0.29) is 11.9 Å². The summed E-state index contributed by atoms with van der Waals surface area (Å²) < 4.78 is 21.2. The Morgan fingerprint density at radius 3 is 2.88 bits per heavy atom. The van der Waals surface area contributed by atoms with Crippen molar-refractivity contribution in [2.75, 3.05) is 13.1 Å². The number of aromatic nitrogens is 3. The molecule has 3 heterocycles. The van der Waals surface area contributed by atoms with Crippen LogP contribution in [0.1, 0.15) is 18.5 Å². The lowest BCUT2D eigenvalue weighted by Gasteiger charge is -2.23. The van der Waals surface area contributed by atoms with Gasteiger partial charge in [0, 0.05) is 5.39 Å². The molecule has 0 saturated carbocycles. The van der Waals surface area contributed by atoms with Gasteiger partial charge in [-0.15, -0.1) is 0 Å². The van der Waals surface area contributed by atoms with E-state index in [0.29, 0.717) is 11.3 Å².